The summed E-state index contributed by atoms with van der Waals surface area (Å²) < 4.78 is 47.7. The molecule has 3 aliphatic rings. The van der Waals surface area contributed by atoms with Crippen molar-refractivity contribution in [2.45, 2.75) is 166 Å². The van der Waals surface area contributed by atoms with Gasteiger partial charge >= 0.3 is 23.9 Å². The van der Waals surface area contributed by atoms with Crippen molar-refractivity contribution in [2.75, 3.05) is 6.61 Å². The number of hydrogen-bond donors (Lipinski definition) is 2. The second-order valence-corrected chi connectivity index (χ2v) is 14.6. The third-order valence-corrected chi connectivity index (χ3v) is 10.1. The highest BCUT2D eigenvalue weighted by Crippen LogP contribution is 2.34. The molecule has 3 fully saturated rings. The van der Waals surface area contributed by atoms with E-state index < -0.39 is 91.9 Å². The first kappa shape index (κ1) is 45.7. The van der Waals surface area contributed by atoms with Crippen molar-refractivity contribution in [3.63, 3.8) is 0 Å². The zero-order valence-corrected chi connectivity index (χ0v) is 33.4. The molecular weight excluding hydrogens is 744 g/mol. The molecule has 0 radical (unpaired) electrons. The summed E-state index contributed by atoms with van der Waals surface area (Å²) in [4.78, 5) is 64.2. The van der Waals surface area contributed by atoms with Crippen molar-refractivity contribution in [2.24, 2.45) is 0 Å². The van der Waals surface area contributed by atoms with Crippen molar-refractivity contribution >= 4 is 35.7 Å². The number of ether oxygens (including phenoxy) is 8. The van der Waals surface area contributed by atoms with Gasteiger partial charge in [-0.25, -0.2) is 9.59 Å². The number of allylic oxidation sites excluding steroid dienone is 1. The zero-order chi connectivity index (χ0) is 41.5. The van der Waals surface area contributed by atoms with Gasteiger partial charge in [0.05, 0.1) is 18.6 Å². The topological polar surface area (TPSA) is 200 Å². The van der Waals surface area contributed by atoms with Crippen LogP contribution in [0.3, 0.4) is 0 Å². The Hall–Kier alpha value is -3.99. The van der Waals surface area contributed by atoms with E-state index >= 15 is 0 Å². The van der Waals surface area contributed by atoms with Crippen LogP contribution in [0.5, 0.6) is 0 Å². The largest absolute Gasteiger partial charge is 0.463 e. The van der Waals surface area contributed by atoms with Crippen LogP contribution in [0.15, 0.2) is 48.1 Å². The Kier molecular flexibility index (Phi) is 18.3. The van der Waals surface area contributed by atoms with Crippen molar-refractivity contribution in [3.8, 4) is 0 Å². The fraction of sp³-hybridized carbons (Fsp3) is 0.643. The van der Waals surface area contributed by atoms with Crippen LogP contribution in [0.4, 0.5) is 0 Å². The highest BCUT2D eigenvalue weighted by Gasteiger charge is 2.55. The number of aliphatic hydroxyl groups is 2. The SMILES string of the molecule is C/C=C(/C)C(=O)O[C@@H]1[C@@H](O)[C@@H]2O[C@@H]3[C@@H](O[C@@H](CCC)CCCCCCC(=O)CCC(=O)OC[C@H](O2)[C@H]1OC(=O)/C=C/c1ccccc1)O[C@@H](C)[C@@H](OC(C)=O)[C@H]3O. The number of esters is 4. The Morgan fingerprint density at radius 2 is 1.56 bits per heavy atom. The fourth-order valence-electron chi connectivity index (χ4n) is 6.87. The molecule has 0 aromatic heterocycles. The molecule has 0 saturated carbocycles. The highest BCUT2D eigenvalue weighted by molar-refractivity contribution is 5.88. The molecule has 1 aromatic rings. The van der Waals surface area contributed by atoms with E-state index in [2.05, 4.69) is 0 Å². The average Bonchev–Trinajstić information content (AvgIpc) is 3.18. The lowest BCUT2D eigenvalue weighted by atomic mass is 9.96. The quantitative estimate of drug-likeness (QED) is 0.212. The van der Waals surface area contributed by atoms with Gasteiger partial charge in [-0.15, -0.1) is 0 Å². The minimum atomic E-state index is -1.87. The zero-order valence-electron chi connectivity index (χ0n) is 33.4. The average molecular weight is 803 g/mol. The number of hydrogen-bond acceptors (Lipinski definition) is 15. The van der Waals surface area contributed by atoms with Crippen molar-refractivity contribution in [1.82, 2.24) is 0 Å². The van der Waals surface area contributed by atoms with Crippen molar-refractivity contribution < 1.29 is 72.1 Å². The Balaban J connectivity index is 1.74. The van der Waals surface area contributed by atoms with Crippen LogP contribution in [0, 0.1) is 0 Å². The molecule has 0 amide bonds. The Morgan fingerprint density at radius 1 is 0.825 bits per heavy atom. The number of Topliss-reactive ketones (excluding diaryl/α,β-unsaturated/α-hetero) is 1. The first-order chi connectivity index (χ1) is 27.3. The minimum absolute atomic E-state index is 0.0321. The normalized spacial score (nSPS) is 32.7. The van der Waals surface area contributed by atoms with Crippen LogP contribution < -0.4 is 0 Å². The molecule has 2 bridgehead atoms. The van der Waals surface area contributed by atoms with Gasteiger partial charge in [-0.3, -0.25) is 14.4 Å². The summed E-state index contributed by atoms with van der Waals surface area (Å²) >= 11 is 0. The molecular formula is C42H58O15. The molecule has 15 heteroatoms. The van der Waals surface area contributed by atoms with E-state index in [1.807, 2.05) is 13.0 Å². The lowest BCUT2D eigenvalue weighted by Gasteiger charge is -2.47. The summed E-state index contributed by atoms with van der Waals surface area (Å²) in [5, 5.41) is 23.6. The van der Waals surface area contributed by atoms with E-state index in [1.165, 1.54) is 26.0 Å². The maximum atomic E-state index is 13.3. The first-order valence-electron chi connectivity index (χ1n) is 19.9. The molecule has 3 heterocycles. The predicted octanol–water partition coefficient (Wildman–Crippen LogP) is 4.43. The highest BCUT2D eigenvalue weighted by atomic mass is 16.8. The van der Waals surface area contributed by atoms with Gasteiger partial charge in [0.2, 0.25) is 0 Å². The van der Waals surface area contributed by atoms with Crippen LogP contribution in [0.2, 0.25) is 0 Å². The van der Waals surface area contributed by atoms with Crippen LogP contribution >= 0.6 is 0 Å². The lowest BCUT2D eigenvalue weighted by Crippen LogP contribution is -2.65. The molecule has 0 unspecified atom stereocenters. The number of benzene rings is 1. The fourth-order valence-corrected chi connectivity index (χ4v) is 6.87. The summed E-state index contributed by atoms with van der Waals surface area (Å²) in [6, 6.07) is 8.91. The molecule has 0 aliphatic carbocycles. The maximum absolute atomic E-state index is 13.3. The summed E-state index contributed by atoms with van der Waals surface area (Å²) in [6.45, 7) is 7.34. The standard InChI is InChI=1S/C42H58O15/c1-6-15-30-19-14-9-8-13-18-29(44)21-23-32(45)50-24-31-37(55-33(46)22-20-28-16-11-10-12-17-28)38(56-40(49)25(3)7-2)35(48)41(54-31)57-39-34(47)36(52-27(5)43)26(4)51-42(39)53-30/h7,10-12,16-17,20,22,26,30-31,34-39,41-42,47-48H,6,8-9,13-15,18-19,21,23-24H2,1-5H3/b22-20+,25-7-/t26-,30-,31-,34+,35+,36+,37+,38+,39-,41-,42+/m0/s1. The van der Waals surface area contributed by atoms with Gasteiger partial charge in [0, 0.05) is 31.4 Å². The molecule has 15 nitrogen and oxygen atoms in total. The van der Waals surface area contributed by atoms with E-state index in [9.17, 15) is 34.2 Å². The molecule has 316 valence electrons. The predicted molar refractivity (Wildman–Crippen MR) is 203 cm³/mol. The third kappa shape index (κ3) is 13.8. The van der Waals surface area contributed by atoms with E-state index in [1.54, 1.807) is 38.1 Å². The molecule has 3 saturated heterocycles. The van der Waals surface area contributed by atoms with Crippen LogP contribution in [0.25, 0.3) is 6.08 Å². The van der Waals surface area contributed by atoms with Crippen LogP contribution in [-0.2, 0) is 61.9 Å². The number of carbonyl (C=O) groups excluding carboxylic acids is 5. The van der Waals surface area contributed by atoms with Gasteiger partial charge in [0.25, 0.3) is 0 Å². The van der Waals surface area contributed by atoms with Crippen molar-refractivity contribution in [3.05, 3.63) is 53.6 Å². The number of carbonyl (C=O) groups is 5. The van der Waals surface area contributed by atoms with Crippen LogP contribution in [0.1, 0.15) is 104 Å². The van der Waals surface area contributed by atoms with Crippen molar-refractivity contribution in [1.29, 1.82) is 0 Å². The summed E-state index contributed by atoms with van der Waals surface area (Å²) in [5.74, 6) is -3.24. The maximum Gasteiger partial charge on any atom is 0.333 e. The molecule has 1 aromatic carbocycles. The Labute approximate surface area is 333 Å². The molecule has 11 atom stereocenters. The summed E-state index contributed by atoms with van der Waals surface area (Å²) in [5.41, 5.74) is 0.860. The first-order valence-corrected chi connectivity index (χ1v) is 19.9. The number of fused-ring (bicyclic) bond motifs is 3. The molecule has 2 N–H and O–H groups in total. The van der Waals surface area contributed by atoms with Gasteiger partial charge in [0.15, 0.2) is 30.9 Å². The Bertz CT molecular complexity index is 1540. The number of aliphatic hydroxyl groups excluding tert-OH is 2. The minimum Gasteiger partial charge on any atom is -0.463 e. The molecule has 0 spiro atoms. The van der Waals surface area contributed by atoms with Crippen LogP contribution in [-0.4, -0.2) is 114 Å². The summed E-state index contributed by atoms with van der Waals surface area (Å²) in [7, 11) is 0. The van der Waals surface area contributed by atoms with Gasteiger partial charge in [-0.2, -0.15) is 0 Å². The third-order valence-electron chi connectivity index (χ3n) is 10.1. The van der Waals surface area contributed by atoms with Gasteiger partial charge in [0.1, 0.15) is 36.8 Å². The van der Waals surface area contributed by atoms with Gasteiger partial charge < -0.3 is 48.1 Å². The molecule has 4 rings (SSSR count). The van der Waals surface area contributed by atoms with E-state index in [0.717, 1.165) is 31.8 Å². The number of rotatable bonds is 8. The smallest absolute Gasteiger partial charge is 0.333 e. The Morgan fingerprint density at radius 3 is 2.26 bits per heavy atom. The molecule has 57 heavy (non-hydrogen) atoms. The van der Waals surface area contributed by atoms with Gasteiger partial charge in [-0.05, 0) is 51.7 Å². The van der Waals surface area contributed by atoms with E-state index in [4.69, 9.17) is 37.9 Å². The monoisotopic (exact) mass is 802 g/mol. The summed E-state index contributed by atoms with van der Waals surface area (Å²) in [6.07, 6.45) is -5.55. The van der Waals surface area contributed by atoms with Gasteiger partial charge in [-0.1, -0.05) is 69.0 Å². The number of cyclic esters (lactones) is 1. The second kappa shape index (κ2) is 22.8. The second-order valence-electron chi connectivity index (χ2n) is 14.6. The van der Waals surface area contributed by atoms with E-state index in [-0.39, 0.29) is 30.3 Å². The lowest BCUT2D eigenvalue weighted by molar-refractivity contribution is -0.369. The number of ketones is 1. The van der Waals surface area contributed by atoms with E-state index in [0.29, 0.717) is 31.2 Å². The molecule has 3 aliphatic heterocycles.